The normalized spacial score (nSPS) is 43.3. The molecule has 6 heteroatoms. The summed E-state index contributed by atoms with van der Waals surface area (Å²) in [6.07, 6.45) is 8.17. The van der Waals surface area contributed by atoms with Crippen molar-refractivity contribution in [3.8, 4) is 0 Å². The summed E-state index contributed by atoms with van der Waals surface area (Å²) in [5, 5.41) is 0. The fourth-order valence-electron chi connectivity index (χ4n) is 4.48. The molecule has 4 rings (SSSR count). The van der Waals surface area contributed by atoms with E-state index in [4.69, 9.17) is 18.9 Å². The van der Waals surface area contributed by atoms with Crippen molar-refractivity contribution >= 4 is 11.9 Å². The van der Waals surface area contributed by atoms with E-state index >= 15 is 0 Å². The van der Waals surface area contributed by atoms with Crippen LogP contribution in [0.2, 0.25) is 0 Å². The highest BCUT2D eigenvalue weighted by atomic mass is 16.6. The molecule has 2 heterocycles. The lowest BCUT2D eigenvalue weighted by molar-refractivity contribution is -0.151. The van der Waals surface area contributed by atoms with E-state index in [9.17, 15) is 9.59 Å². The molecule has 6 nitrogen and oxygen atoms in total. The quantitative estimate of drug-likeness (QED) is 0.409. The summed E-state index contributed by atoms with van der Waals surface area (Å²) in [7, 11) is 0. The zero-order chi connectivity index (χ0) is 18.3. The Bertz CT molecular complexity index is 537. The van der Waals surface area contributed by atoms with Crippen LogP contribution in [0.25, 0.3) is 0 Å². The van der Waals surface area contributed by atoms with Crippen LogP contribution in [0.5, 0.6) is 0 Å². The average Bonchev–Trinajstić information content (AvgIpc) is 3.50. The second kappa shape index (κ2) is 7.31. The van der Waals surface area contributed by atoms with Crippen molar-refractivity contribution in [1.29, 1.82) is 0 Å². The van der Waals surface area contributed by atoms with Gasteiger partial charge < -0.3 is 18.9 Å². The third-order valence-corrected chi connectivity index (χ3v) is 6.35. The van der Waals surface area contributed by atoms with Crippen LogP contribution in [0.3, 0.4) is 0 Å². The van der Waals surface area contributed by atoms with Gasteiger partial charge in [-0.25, -0.2) is 0 Å². The van der Waals surface area contributed by atoms with E-state index in [1.54, 1.807) is 12.2 Å². The molecule has 4 aliphatic rings. The van der Waals surface area contributed by atoms with Gasteiger partial charge in [-0.15, -0.1) is 0 Å². The van der Waals surface area contributed by atoms with Crippen LogP contribution >= 0.6 is 0 Å². The number of esters is 2. The molecule has 2 saturated carbocycles. The molecule has 144 valence electrons. The van der Waals surface area contributed by atoms with Gasteiger partial charge >= 0.3 is 11.9 Å². The highest BCUT2D eigenvalue weighted by Gasteiger charge is 2.50. The maximum atomic E-state index is 12.2. The van der Waals surface area contributed by atoms with E-state index in [0.717, 1.165) is 25.7 Å². The number of carbonyl (C=O) groups excluding carboxylic acids is 2. The van der Waals surface area contributed by atoms with Gasteiger partial charge in [-0.05, 0) is 49.7 Å². The van der Waals surface area contributed by atoms with E-state index in [1.807, 2.05) is 0 Å². The summed E-state index contributed by atoms with van der Waals surface area (Å²) < 4.78 is 21.7. The summed E-state index contributed by atoms with van der Waals surface area (Å²) in [5.41, 5.74) is 0. The minimum atomic E-state index is -0.150. The number of ether oxygens (including phenoxy) is 4. The van der Waals surface area contributed by atoms with Gasteiger partial charge in [0.1, 0.15) is 13.2 Å². The van der Waals surface area contributed by atoms with Crippen LogP contribution in [-0.2, 0) is 28.5 Å². The highest BCUT2D eigenvalue weighted by Crippen LogP contribution is 2.43. The second-order valence-corrected chi connectivity index (χ2v) is 8.27. The lowest BCUT2D eigenvalue weighted by Crippen LogP contribution is -2.30. The first-order valence-corrected chi connectivity index (χ1v) is 9.82. The van der Waals surface area contributed by atoms with E-state index < -0.39 is 0 Å². The zero-order valence-electron chi connectivity index (χ0n) is 15.5. The zero-order valence-corrected chi connectivity index (χ0v) is 15.5. The van der Waals surface area contributed by atoms with E-state index in [2.05, 4.69) is 13.8 Å². The Labute approximate surface area is 154 Å². The molecule has 2 aliphatic carbocycles. The fourth-order valence-corrected chi connectivity index (χ4v) is 4.48. The van der Waals surface area contributed by atoms with Crippen molar-refractivity contribution in [2.24, 2.45) is 23.7 Å². The average molecular weight is 364 g/mol. The minimum absolute atomic E-state index is 0.0637. The van der Waals surface area contributed by atoms with Gasteiger partial charge in [-0.3, -0.25) is 9.59 Å². The summed E-state index contributed by atoms with van der Waals surface area (Å²) >= 11 is 0. The summed E-state index contributed by atoms with van der Waals surface area (Å²) in [6.45, 7) is 4.60. The number of hydrogen-bond donors (Lipinski definition) is 0. The van der Waals surface area contributed by atoms with Crippen LogP contribution in [0.15, 0.2) is 12.2 Å². The van der Waals surface area contributed by atoms with Crippen LogP contribution in [0.4, 0.5) is 0 Å². The number of rotatable bonds is 6. The predicted octanol–water partition coefficient (Wildman–Crippen LogP) is 2.26. The molecule has 0 amide bonds. The molecule has 0 aromatic rings. The maximum absolute atomic E-state index is 12.2. The number of hydrogen-bond acceptors (Lipinski definition) is 6. The Morgan fingerprint density at radius 2 is 1.15 bits per heavy atom. The Morgan fingerprint density at radius 3 is 1.58 bits per heavy atom. The Morgan fingerprint density at radius 1 is 0.769 bits per heavy atom. The van der Waals surface area contributed by atoms with Crippen LogP contribution in [0, 0.1) is 23.7 Å². The van der Waals surface area contributed by atoms with Crippen LogP contribution < -0.4 is 0 Å². The summed E-state index contributed by atoms with van der Waals surface area (Å²) in [5.74, 6) is 0.191. The number of fused-ring (bicyclic) bond motifs is 2. The van der Waals surface area contributed by atoms with Crippen molar-refractivity contribution in [3.63, 3.8) is 0 Å². The molecule has 8 atom stereocenters. The molecule has 0 aromatic carbocycles. The Balaban J connectivity index is 1.12. The van der Waals surface area contributed by atoms with Crippen molar-refractivity contribution in [2.45, 2.75) is 63.9 Å². The predicted molar refractivity (Wildman–Crippen MR) is 92.2 cm³/mol. The molecule has 26 heavy (non-hydrogen) atoms. The Kier molecular flexibility index (Phi) is 5.06. The first-order valence-electron chi connectivity index (χ1n) is 9.82. The second-order valence-electron chi connectivity index (χ2n) is 8.27. The molecule has 8 unspecified atom stereocenters. The van der Waals surface area contributed by atoms with Crippen LogP contribution in [0.1, 0.15) is 39.5 Å². The van der Waals surface area contributed by atoms with Gasteiger partial charge in [-0.2, -0.15) is 0 Å². The fraction of sp³-hybridized carbons (Fsp3) is 0.800. The lowest BCUT2D eigenvalue weighted by atomic mass is 9.80. The standard InChI is InChI=1S/C20H28O6/c1-11-7-15-17(25-15)9-13(11)19(21)23-5-3-4-6-24-20(22)14-10-18-16(26-18)8-12(14)2/h3-4,11-18H,5-10H2,1-2H3. The number of carbonyl (C=O) groups is 2. The summed E-state index contributed by atoms with van der Waals surface area (Å²) in [4.78, 5) is 24.4. The first-order chi connectivity index (χ1) is 12.5. The van der Waals surface area contributed by atoms with Crippen molar-refractivity contribution in [2.75, 3.05) is 13.2 Å². The van der Waals surface area contributed by atoms with Gasteiger partial charge in [0.15, 0.2) is 0 Å². The monoisotopic (exact) mass is 364 g/mol. The van der Waals surface area contributed by atoms with Crippen LogP contribution in [-0.4, -0.2) is 49.6 Å². The summed E-state index contributed by atoms with van der Waals surface area (Å²) in [6, 6.07) is 0. The smallest absolute Gasteiger partial charge is 0.309 e. The highest BCUT2D eigenvalue weighted by molar-refractivity contribution is 5.73. The van der Waals surface area contributed by atoms with Gasteiger partial charge in [0, 0.05) is 0 Å². The first kappa shape index (κ1) is 18.0. The molecule has 0 N–H and O–H groups in total. The van der Waals surface area contributed by atoms with Gasteiger partial charge in [0.25, 0.3) is 0 Å². The van der Waals surface area contributed by atoms with E-state index in [-0.39, 0.29) is 49.2 Å². The Hall–Kier alpha value is -1.40. The number of epoxide rings is 2. The lowest BCUT2D eigenvalue weighted by Gasteiger charge is -2.24. The largest absolute Gasteiger partial charge is 0.461 e. The molecule has 0 radical (unpaired) electrons. The van der Waals surface area contributed by atoms with Crippen molar-refractivity contribution in [1.82, 2.24) is 0 Å². The molecule has 0 aromatic heterocycles. The van der Waals surface area contributed by atoms with Gasteiger partial charge in [-0.1, -0.05) is 13.8 Å². The van der Waals surface area contributed by atoms with E-state index in [1.165, 1.54) is 0 Å². The molecular formula is C20H28O6. The third-order valence-electron chi connectivity index (χ3n) is 6.35. The molecule has 4 fully saturated rings. The molecular weight excluding hydrogens is 336 g/mol. The van der Waals surface area contributed by atoms with Crippen molar-refractivity contribution in [3.05, 3.63) is 12.2 Å². The molecule has 2 saturated heterocycles. The van der Waals surface area contributed by atoms with Gasteiger partial charge in [0.2, 0.25) is 0 Å². The molecule has 0 spiro atoms. The minimum Gasteiger partial charge on any atom is -0.461 e. The molecule has 0 bridgehead atoms. The van der Waals surface area contributed by atoms with Crippen molar-refractivity contribution < 1.29 is 28.5 Å². The third kappa shape index (κ3) is 3.96. The molecule has 2 aliphatic heterocycles. The topological polar surface area (TPSA) is 77.7 Å². The maximum Gasteiger partial charge on any atom is 0.309 e. The van der Waals surface area contributed by atoms with Gasteiger partial charge in [0.05, 0.1) is 36.3 Å². The SMILES string of the molecule is CC1CC2OC2CC1C(=O)OCC=CCOC(=O)C1CC2OC2CC1C. The van der Waals surface area contributed by atoms with E-state index in [0.29, 0.717) is 24.0 Å².